The first-order valence-electron chi connectivity index (χ1n) is 6.02. The van der Waals surface area contributed by atoms with E-state index in [1.807, 2.05) is 0 Å². The third-order valence-electron chi connectivity index (χ3n) is 3.07. The van der Waals surface area contributed by atoms with Crippen molar-refractivity contribution >= 4 is 11.6 Å². The fourth-order valence-electron chi connectivity index (χ4n) is 1.95. The van der Waals surface area contributed by atoms with E-state index in [0.717, 1.165) is 12.8 Å². The Labute approximate surface area is 106 Å². The van der Waals surface area contributed by atoms with E-state index in [4.69, 9.17) is 15.6 Å². The molecule has 1 aromatic carbocycles. The van der Waals surface area contributed by atoms with Crippen LogP contribution in [0.2, 0.25) is 0 Å². The van der Waals surface area contributed by atoms with E-state index in [1.54, 1.807) is 23.1 Å². The average molecular weight is 250 g/mol. The van der Waals surface area contributed by atoms with E-state index in [9.17, 15) is 4.79 Å². The van der Waals surface area contributed by atoms with Gasteiger partial charge in [0.1, 0.15) is 5.75 Å². The molecule has 0 heterocycles. The van der Waals surface area contributed by atoms with E-state index in [2.05, 4.69) is 0 Å². The van der Waals surface area contributed by atoms with Crippen LogP contribution >= 0.6 is 0 Å². The van der Waals surface area contributed by atoms with Crippen molar-refractivity contribution in [2.24, 2.45) is 0 Å². The Bertz CT molecular complexity index is 444. The second-order valence-electron chi connectivity index (χ2n) is 4.41. The number of nitrogen functional groups attached to an aromatic ring is 1. The van der Waals surface area contributed by atoms with Crippen LogP contribution in [0.15, 0.2) is 18.2 Å². The molecule has 1 fully saturated rings. The topological polar surface area (TPSA) is 75.8 Å². The van der Waals surface area contributed by atoms with Crippen molar-refractivity contribution in [3.05, 3.63) is 23.8 Å². The maximum absolute atomic E-state index is 12.3. The molecule has 18 heavy (non-hydrogen) atoms. The largest absolute Gasteiger partial charge is 0.495 e. The predicted molar refractivity (Wildman–Crippen MR) is 68.6 cm³/mol. The number of aliphatic hydroxyl groups excluding tert-OH is 1. The Balaban J connectivity index is 2.21. The summed E-state index contributed by atoms with van der Waals surface area (Å²) in [5.74, 6) is 0.422. The second kappa shape index (κ2) is 5.27. The molecule has 0 saturated heterocycles. The lowest BCUT2D eigenvalue weighted by molar-refractivity contribution is 0.0707. The first kappa shape index (κ1) is 12.7. The lowest BCUT2D eigenvalue weighted by Crippen LogP contribution is -2.35. The van der Waals surface area contributed by atoms with Crippen LogP contribution in [-0.4, -0.2) is 42.2 Å². The van der Waals surface area contributed by atoms with Crippen molar-refractivity contribution in [1.29, 1.82) is 0 Å². The number of ether oxygens (including phenoxy) is 1. The number of anilines is 1. The van der Waals surface area contributed by atoms with Gasteiger partial charge in [0.25, 0.3) is 5.91 Å². The van der Waals surface area contributed by atoms with Gasteiger partial charge in [-0.15, -0.1) is 0 Å². The summed E-state index contributed by atoms with van der Waals surface area (Å²) in [6.45, 7) is 0.352. The average Bonchev–Trinajstić information content (AvgIpc) is 3.20. The van der Waals surface area contributed by atoms with Gasteiger partial charge in [0.2, 0.25) is 0 Å². The van der Waals surface area contributed by atoms with Crippen molar-refractivity contribution in [3.63, 3.8) is 0 Å². The molecule has 98 valence electrons. The number of methoxy groups -OCH3 is 1. The van der Waals surface area contributed by atoms with Crippen LogP contribution in [0.25, 0.3) is 0 Å². The Morgan fingerprint density at radius 3 is 2.83 bits per heavy atom. The number of nitrogens with two attached hydrogens (primary N) is 1. The molecule has 1 saturated carbocycles. The Kier molecular flexibility index (Phi) is 3.72. The summed E-state index contributed by atoms with van der Waals surface area (Å²) in [4.78, 5) is 14.0. The molecule has 1 aliphatic carbocycles. The number of amides is 1. The van der Waals surface area contributed by atoms with Gasteiger partial charge < -0.3 is 20.5 Å². The minimum atomic E-state index is -0.0788. The van der Waals surface area contributed by atoms with Crippen molar-refractivity contribution < 1.29 is 14.6 Å². The molecule has 3 N–H and O–H groups in total. The van der Waals surface area contributed by atoms with Crippen LogP contribution in [0.1, 0.15) is 23.2 Å². The molecule has 1 aliphatic rings. The number of rotatable bonds is 5. The van der Waals surface area contributed by atoms with Gasteiger partial charge in [-0.05, 0) is 31.0 Å². The summed E-state index contributed by atoms with van der Waals surface area (Å²) in [6, 6.07) is 5.26. The Morgan fingerprint density at radius 2 is 2.28 bits per heavy atom. The number of hydrogen-bond donors (Lipinski definition) is 2. The maximum Gasteiger partial charge on any atom is 0.254 e. The number of carbonyl (C=O) groups excluding carboxylic acids is 1. The summed E-state index contributed by atoms with van der Waals surface area (Å²) in [5, 5.41) is 9.02. The number of benzene rings is 1. The maximum atomic E-state index is 12.3. The van der Waals surface area contributed by atoms with Crippen LogP contribution in [0.3, 0.4) is 0 Å². The predicted octanol–water partition coefficient (Wildman–Crippen LogP) is 0.874. The van der Waals surface area contributed by atoms with Crippen LogP contribution in [-0.2, 0) is 0 Å². The Hall–Kier alpha value is -1.75. The van der Waals surface area contributed by atoms with Crippen molar-refractivity contribution in [1.82, 2.24) is 4.90 Å². The van der Waals surface area contributed by atoms with Gasteiger partial charge in [0.15, 0.2) is 0 Å². The summed E-state index contributed by atoms with van der Waals surface area (Å²) >= 11 is 0. The van der Waals surface area contributed by atoms with E-state index in [-0.39, 0.29) is 18.6 Å². The molecule has 0 bridgehead atoms. The quantitative estimate of drug-likeness (QED) is 0.760. The third kappa shape index (κ3) is 2.56. The van der Waals surface area contributed by atoms with Gasteiger partial charge >= 0.3 is 0 Å². The molecule has 1 aromatic rings. The minimum Gasteiger partial charge on any atom is -0.495 e. The lowest BCUT2D eigenvalue weighted by Gasteiger charge is -2.21. The standard InChI is InChI=1S/C13H18N2O3/c1-18-12-8-9(2-5-11(12)14)13(17)15(6-7-16)10-3-4-10/h2,5,8,10,16H,3-4,6-7,14H2,1H3. The molecule has 1 amide bonds. The van der Waals surface area contributed by atoms with Gasteiger partial charge in [-0.3, -0.25) is 4.79 Å². The molecular formula is C13H18N2O3. The summed E-state index contributed by atoms with van der Waals surface area (Å²) < 4.78 is 5.11. The third-order valence-corrected chi connectivity index (χ3v) is 3.07. The molecule has 5 nitrogen and oxygen atoms in total. The zero-order valence-electron chi connectivity index (χ0n) is 10.4. The zero-order valence-corrected chi connectivity index (χ0v) is 10.4. The molecule has 2 rings (SSSR count). The highest BCUT2D eigenvalue weighted by molar-refractivity contribution is 5.95. The van der Waals surface area contributed by atoms with Gasteiger partial charge in [0.05, 0.1) is 19.4 Å². The number of carbonyl (C=O) groups is 1. The molecule has 0 aliphatic heterocycles. The van der Waals surface area contributed by atoms with Crippen molar-refractivity contribution in [2.75, 3.05) is 26.0 Å². The van der Waals surface area contributed by atoms with Gasteiger partial charge in [-0.25, -0.2) is 0 Å². The first-order valence-corrected chi connectivity index (χ1v) is 6.02. The van der Waals surface area contributed by atoms with Crippen molar-refractivity contribution in [3.8, 4) is 5.75 Å². The Morgan fingerprint density at radius 1 is 1.56 bits per heavy atom. The fourth-order valence-corrected chi connectivity index (χ4v) is 1.95. The van der Waals surface area contributed by atoms with Crippen LogP contribution < -0.4 is 10.5 Å². The highest BCUT2D eigenvalue weighted by atomic mass is 16.5. The van der Waals surface area contributed by atoms with Crippen LogP contribution in [0, 0.1) is 0 Å². The second-order valence-corrected chi connectivity index (χ2v) is 4.41. The van der Waals surface area contributed by atoms with E-state index in [1.165, 1.54) is 7.11 Å². The number of aliphatic hydroxyl groups is 1. The molecule has 0 aromatic heterocycles. The highest BCUT2D eigenvalue weighted by Crippen LogP contribution is 2.29. The molecule has 0 radical (unpaired) electrons. The molecular weight excluding hydrogens is 232 g/mol. The SMILES string of the molecule is COc1cc(C(=O)N(CCO)C2CC2)ccc1N. The highest BCUT2D eigenvalue weighted by Gasteiger charge is 2.32. The monoisotopic (exact) mass is 250 g/mol. The van der Waals surface area contributed by atoms with Crippen LogP contribution in [0.5, 0.6) is 5.75 Å². The summed E-state index contributed by atoms with van der Waals surface area (Å²) in [7, 11) is 1.52. The van der Waals surface area contributed by atoms with Crippen molar-refractivity contribution in [2.45, 2.75) is 18.9 Å². The van der Waals surface area contributed by atoms with E-state index in [0.29, 0.717) is 23.5 Å². The normalized spacial score (nSPS) is 14.3. The molecule has 0 spiro atoms. The van der Waals surface area contributed by atoms with Gasteiger partial charge in [0, 0.05) is 18.2 Å². The van der Waals surface area contributed by atoms with Gasteiger partial charge in [-0.1, -0.05) is 0 Å². The van der Waals surface area contributed by atoms with Crippen LogP contribution in [0.4, 0.5) is 5.69 Å². The molecule has 0 atom stereocenters. The van der Waals surface area contributed by atoms with E-state index >= 15 is 0 Å². The summed E-state index contributed by atoms with van der Waals surface area (Å²) in [5.41, 5.74) is 6.77. The number of hydrogen-bond acceptors (Lipinski definition) is 4. The minimum absolute atomic E-state index is 0.0195. The molecule has 5 heteroatoms. The molecule has 0 unspecified atom stereocenters. The first-order chi connectivity index (χ1) is 8.67. The zero-order chi connectivity index (χ0) is 13.1. The van der Waals surface area contributed by atoms with E-state index < -0.39 is 0 Å². The smallest absolute Gasteiger partial charge is 0.254 e. The number of nitrogens with zero attached hydrogens (tertiary/aromatic N) is 1. The summed E-state index contributed by atoms with van der Waals surface area (Å²) in [6.07, 6.45) is 2.02. The lowest BCUT2D eigenvalue weighted by atomic mass is 10.1. The van der Waals surface area contributed by atoms with Gasteiger partial charge in [-0.2, -0.15) is 0 Å². The fraction of sp³-hybridized carbons (Fsp3) is 0.462.